The second-order valence-electron chi connectivity index (χ2n) is 4.04. The molecule has 0 fully saturated rings. The first-order valence-electron chi connectivity index (χ1n) is 5.46. The number of nitrogen functional groups attached to an aromatic ring is 1. The number of amides is 1. The fourth-order valence-electron chi connectivity index (χ4n) is 1.50. The van der Waals surface area contributed by atoms with Crippen LogP contribution in [0.5, 0.6) is 0 Å². The fraction of sp³-hybridized carbons (Fsp3) is 0.0769. The van der Waals surface area contributed by atoms with E-state index in [1.54, 1.807) is 30.5 Å². The number of nitrogens with two attached hydrogens (primary N) is 1. The molecule has 0 atom stereocenters. The number of halogens is 2. The predicted molar refractivity (Wildman–Crippen MR) is 80.5 cm³/mol. The van der Waals surface area contributed by atoms with Crippen molar-refractivity contribution in [1.29, 1.82) is 0 Å². The molecule has 1 aromatic heterocycles. The van der Waals surface area contributed by atoms with E-state index in [1.807, 2.05) is 6.92 Å². The Hall–Kier alpha value is -1.59. The monoisotopic (exact) mass is 339 g/mol. The zero-order valence-electron chi connectivity index (χ0n) is 10.1. The van der Waals surface area contributed by atoms with E-state index in [0.717, 1.165) is 5.56 Å². The van der Waals surface area contributed by atoms with Gasteiger partial charge in [-0.25, -0.2) is 4.98 Å². The van der Waals surface area contributed by atoms with Gasteiger partial charge < -0.3 is 11.1 Å². The topological polar surface area (TPSA) is 68.0 Å². The third kappa shape index (κ3) is 3.24. The molecular weight excluding hydrogens is 330 g/mol. The summed E-state index contributed by atoms with van der Waals surface area (Å²) < 4.78 is 0.675. The van der Waals surface area contributed by atoms with Crippen molar-refractivity contribution in [2.75, 3.05) is 11.1 Å². The Morgan fingerprint density at radius 3 is 2.84 bits per heavy atom. The molecule has 0 saturated heterocycles. The number of pyridine rings is 1. The van der Waals surface area contributed by atoms with E-state index in [4.69, 9.17) is 17.3 Å². The Balaban J connectivity index is 2.25. The first-order valence-corrected chi connectivity index (χ1v) is 6.63. The smallest absolute Gasteiger partial charge is 0.255 e. The van der Waals surface area contributed by atoms with E-state index in [0.29, 0.717) is 21.4 Å². The summed E-state index contributed by atoms with van der Waals surface area (Å²) in [5, 5.41) is 2.98. The summed E-state index contributed by atoms with van der Waals surface area (Å²) in [4.78, 5) is 16.1. The molecule has 2 aromatic rings. The molecule has 0 aliphatic carbocycles. The highest BCUT2D eigenvalue weighted by Crippen LogP contribution is 2.23. The van der Waals surface area contributed by atoms with Gasteiger partial charge in [0.2, 0.25) is 0 Å². The van der Waals surface area contributed by atoms with Crippen molar-refractivity contribution in [1.82, 2.24) is 4.98 Å². The quantitative estimate of drug-likeness (QED) is 0.648. The highest BCUT2D eigenvalue weighted by Gasteiger charge is 2.10. The van der Waals surface area contributed by atoms with Gasteiger partial charge in [-0.15, -0.1) is 0 Å². The van der Waals surface area contributed by atoms with Crippen LogP contribution in [-0.4, -0.2) is 10.9 Å². The van der Waals surface area contributed by atoms with Gasteiger partial charge >= 0.3 is 0 Å². The van der Waals surface area contributed by atoms with Gasteiger partial charge in [0.15, 0.2) is 5.15 Å². The van der Waals surface area contributed by atoms with Crippen molar-refractivity contribution in [3.8, 4) is 0 Å². The van der Waals surface area contributed by atoms with E-state index in [2.05, 4.69) is 26.2 Å². The number of carbonyl (C=O) groups excluding carboxylic acids is 1. The molecule has 6 heteroatoms. The lowest BCUT2D eigenvalue weighted by Crippen LogP contribution is -2.13. The van der Waals surface area contributed by atoms with Gasteiger partial charge in [-0.2, -0.15) is 0 Å². The number of nitrogens with zero attached hydrogens (tertiary/aromatic N) is 1. The standard InChI is InChI=1S/C13H11BrClN3O/c1-7-4-11(12(15)17-6-7)18-13(19)8-2-3-10(16)9(14)5-8/h2-6H,16H2,1H3,(H,18,19). The average Bonchev–Trinajstić information content (AvgIpc) is 2.37. The Labute approximate surface area is 124 Å². The van der Waals surface area contributed by atoms with Gasteiger partial charge in [-0.3, -0.25) is 4.79 Å². The third-order valence-corrected chi connectivity index (χ3v) is 3.47. The lowest BCUT2D eigenvalue weighted by Gasteiger charge is -2.08. The van der Waals surface area contributed by atoms with Crippen molar-refractivity contribution in [3.05, 3.63) is 51.2 Å². The van der Waals surface area contributed by atoms with Gasteiger partial charge in [0.25, 0.3) is 5.91 Å². The van der Waals surface area contributed by atoms with Crippen LogP contribution in [0, 0.1) is 6.92 Å². The summed E-state index contributed by atoms with van der Waals surface area (Å²) in [6.45, 7) is 1.87. The summed E-state index contributed by atoms with van der Waals surface area (Å²) in [7, 11) is 0. The van der Waals surface area contributed by atoms with Gasteiger partial charge in [-0.05, 0) is 52.7 Å². The fourth-order valence-corrected chi connectivity index (χ4v) is 2.03. The van der Waals surface area contributed by atoms with Crippen molar-refractivity contribution < 1.29 is 4.79 Å². The molecule has 1 heterocycles. The third-order valence-electron chi connectivity index (χ3n) is 2.49. The summed E-state index contributed by atoms with van der Waals surface area (Å²) in [5.74, 6) is -0.269. The van der Waals surface area contributed by atoms with Crippen molar-refractivity contribution in [2.24, 2.45) is 0 Å². The summed E-state index contributed by atoms with van der Waals surface area (Å²) in [5.41, 5.74) is 8.14. The van der Waals surface area contributed by atoms with E-state index in [9.17, 15) is 4.79 Å². The van der Waals surface area contributed by atoms with Gasteiger partial charge in [-0.1, -0.05) is 11.6 Å². The lowest BCUT2D eigenvalue weighted by molar-refractivity contribution is 0.102. The number of rotatable bonds is 2. The summed E-state index contributed by atoms with van der Waals surface area (Å²) in [6, 6.07) is 6.73. The largest absolute Gasteiger partial charge is 0.398 e. The minimum absolute atomic E-state index is 0.258. The normalized spacial score (nSPS) is 10.3. The zero-order chi connectivity index (χ0) is 14.0. The molecule has 19 heavy (non-hydrogen) atoms. The van der Waals surface area contributed by atoms with Crippen LogP contribution in [0.3, 0.4) is 0 Å². The maximum Gasteiger partial charge on any atom is 0.255 e. The number of aryl methyl sites for hydroxylation is 1. The van der Waals surface area contributed by atoms with Crippen LogP contribution in [-0.2, 0) is 0 Å². The Bertz CT molecular complexity index is 646. The minimum atomic E-state index is -0.269. The molecule has 4 nitrogen and oxygen atoms in total. The Morgan fingerprint density at radius 1 is 1.42 bits per heavy atom. The SMILES string of the molecule is Cc1cnc(Cl)c(NC(=O)c2ccc(N)c(Br)c2)c1. The maximum atomic E-state index is 12.1. The zero-order valence-corrected chi connectivity index (χ0v) is 12.4. The molecular formula is C13H11BrClN3O. The van der Waals surface area contributed by atoms with E-state index < -0.39 is 0 Å². The molecule has 0 radical (unpaired) electrons. The molecule has 0 spiro atoms. The molecule has 0 aliphatic rings. The van der Waals surface area contributed by atoms with Gasteiger partial charge in [0, 0.05) is 21.9 Å². The molecule has 3 N–H and O–H groups in total. The average molecular weight is 341 g/mol. The number of anilines is 2. The Kier molecular flexibility index (Phi) is 4.07. The highest BCUT2D eigenvalue weighted by atomic mass is 79.9. The molecule has 0 aliphatic heterocycles. The lowest BCUT2D eigenvalue weighted by atomic mass is 10.2. The van der Waals surface area contributed by atoms with Crippen LogP contribution in [0.1, 0.15) is 15.9 Å². The second kappa shape index (κ2) is 5.59. The highest BCUT2D eigenvalue weighted by molar-refractivity contribution is 9.10. The van der Waals surface area contributed by atoms with Gasteiger partial charge in [0.1, 0.15) is 0 Å². The van der Waals surface area contributed by atoms with Crippen LogP contribution in [0.2, 0.25) is 5.15 Å². The molecule has 0 bridgehead atoms. The number of hydrogen-bond acceptors (Lipinski definition) is 3. The van der Waals surface area contributed by atoms with E-state index in [1.165, 1.54) is 0 Å². The molecule has 0 saturated carbocycles. The molecule has 98 valence electrons. The van der Waals surface area contributed by atoms with Gasteiger partial charge in [0.05, 0.1) is 5.69 Å². The van der Waals surface area contributed by atoms with Crippen molar-refractivity contribution in [2.45, 2.75) is 6.92 Å². The minimum Gasteiger partial charge on any atom is -0.398 e. The van der Waals surface area contributed by atoms with E-state index in [-0.39, 0.29) is 11.1 Å². The Morgan fingerprint density at radius 2 is 2.16 bits per heavy atom. The number of hydrogen-bond donors (Lipinski definition) is 2. The summed E-state index contributed by atoms with van der Waals surface area (Å²) >= 11 is 9.21. The molecule has 1 aromatic carbocycles. The van der Waals surface area contributed by atoms with Crippen molar-refractivity contribution in [3.63, 3.8) is 0 Å². The predicted octanol–water partition coefficient (Wildman–Crippen LogP) is 3.64. The number of benzene rings is 1. The van der Waals surface area contributed by atoms with Crippen LogP contribution < -0.4 is 11.1 Å². The first-order chi connectivity index (χ1) is 8.97. The molecule has 2 rings (SSSR count). The number of aromatic nitrogens is 1. The van der Waals surface area contributed by atoms with Crippen molar-refractivity contribution >= 4 is 44.8 Å². The first kappa shape index (κ1) is 13.8. The summed E-state index contributed by atoms with van der Waals surface area (Å²) in [6.07, 6.45) is 1.64. The number of carbonyl (C=O) groups is 1. The maximum absolute atomic E-state index is 12.1. The van der Waals surface area contributed by atoms with Crippen LogP contribution in [0.25, 0.3) is 0 Å². The number of nitrogens with one attached hydrogen (secondary N) is 1. The van der Waals surface area contributed by atoms with Crippen LogP contribution >= 0.6 is 27.5 Å². The van der Waals surface area contributed by atoms with Crippen LogP contribution in [0.4, 0.5) is 11.4 Å². The van der Waals surface area contributed by atoms with E-state index >= 15 is 0 Å². The molecule has 1 amide bonds. The van der Waals surface area contributed by atoms with Crippen LogP contribution in [0.15, 0.2) is 34.9 Å². The molecule has 0 unspecified atom stereocenters. The second-order valence-corrected chi connectivity index (χ2v) is 5.25.